The quantitative estimate of drug-likeness (QED) is 0.174. The summed E-state index contributed by atoms with van der Waals surface area (Å²) in [6.07, 6.45) is 10.0. The Labute approximate surface area is 260 Å². The fraction of sp³-hybridized carbons (Fsp3) is 0.556. The van der Waals surface area contributed by atoms with Crippen LogP contribution in [0.2, 0.25) is 0 Å². The predicted molar refractivity (Wildman–Crippen MR) is 176 cm³/mol. The number of amides is 2. The van der Waals surface area contributed by atoms with Gasteiger partial charge in [0.05, 0.1) is 13.2 Å². The number of benzene rings is 2. The van der Waals surface area contributed by atoms with Crippen molar-refractivity contribution in [3.63, 3.8) is 0 Å². The highest BCUT2D eigenvalue weighted by Gasteiger charge is 2.30. The Morgan fingerprint density at radius 2 is 1.65 bits per heavy atom. The molecule has 3 N–H and O–H groups in total. The summed E-state index contributed by atoms with van der Waals surface area (Å²) in [4.78, 5) is 25.3. The number of carbonyl (C=O) groups is 2. The maximum absolute atomic E-state index is 12.9. The van der Waals surface area contributed by atoms with E-state index in [1.807, 2.05) is 38.1 Å². The molecule has 1 aliphatic rings. The van der Waals surface area contributed by atoms with Crippen molar-refractivity contribution in [1.29, 1.82) is 0 Å². The zero-order valence-electron chi connectivity index (χ0n) is 27.4. The second kappa shape index (κ2) is 23.1. The molecule has 240 valence electrons. The molecule has 2 amide bonds. The standard InChI is InChI=1S/C27H43N3O3.C6H5F.C3H8/c1-5-8-15-33-25-12-10-9-11-22(25)16-20(4)18-29-27(32)24(17-21-13-14-21)30-26(31)19-28-23(6-2)7-3;7-6-4-2-1-3-5-6;1-3-2/h6,9-12,20-21,24,28H,5,7-8,13-19H2,1-4H3,(H,29,32)(H,30,31);1-5H;3H2,1-2H3. The normalized spacial score (nSPS) is 13.7. The lowest BCUT2D eigenvalue weighted by Crippen LogP contribution is -2.49. The van der Waals surface area contributed by atoms with Crippen molar-refractivity contribution in [2.45, 2.75) is 99.0 Å². The molecular weight excluding hydrogens is 541 g/mol. The monoisotopic (exact) mass is 597 g/mol. The smallest absolute Gasteiger partial charge is 0.242 e. The van der Waals surface area contributed by atoms with E-state index in [0.717, 1.165) is 56.6 Å². The molecule has 2 aromatic carbocycles. The fourth-order valence-corrected chi connectivity index (χ4v) is 4.19. The third-order valence-electron chi connectivity index (χ3n) is 6.78. The van der Waals surface area contributed by atoms with Crippen molar-refractivity contribution in [3.05, 3.63) is 77.8 Å². The average Bonchev–Trinajstić information content (AvgIpc) is 3.82. The number of rotatable bonds is 16. The summed E-state index contributed by atoms with van der Waals surface area (Å²) in [7, 11) is 0. The second-order valence-electron chi connectivity index (χ2n) is 11.2. The van der Waals surface area contributed by atoms with Crippen molar-refractivity contribution in [2.24, 2.45) is 11.8 Å². The summed E-state index contributed by atoms with van der Waals surface area (Å²) >= 11 is 0. The Morgan fingerprint density at radius 1 is 1.00 bits per heavy atom. The van der Waals surface area contributed by atoms with Crippen LogP contribution < -0.4 is 20.7 Å². The van der Waals surface area contributed by atoms with Crippen LogP contribution in [-0.2, 0) is 16.0 Å². The largest absolute Gasteiger partial charge is 0.493 e. The van der Waals surface area contributed by atoms with Gasteiger partial charge in [-0.1, -0.05) is 103 Å². The third-order valence-corrected chi connectivity index (χ3v) is 6.78. The molecule has 0 radical (unpaired) electrons. The number of nitrogens with one attached hydrogen (secondary N) is 3. The van der Waals surface area contributed by atoms with Gasteiger partial charge in [0.15, 0.2) is 0 Å². The van der Waals surface area contributed by atoms with Crippen LogP contribution in [0.1, 0.15) is 92.1 Å². The average molecular weight is 598 g/mol. The Balaban J connectivity index is 0.000000784. The predicted octanol–water partition coefficient (Wildman–Crippen LogP) is 7.59. The molecule has 0 spiro atoms. The highest BCUT2D eigenvalue weighted by atomic mass is 19.1. The molecule has 6 nitrogen and oxygen atoms in total. The van der Waals surface area contributed by atoms with Crippen LogP contribution in [0.4, 0.5) is 4.39 Å². The molecule has 0 aromatic heterocycles. The van der Waals surface area contributed by atoms with Crippen LogP contribution in [0.5, 0.6) is 5.75 Å². The van der Waals surface area contributed by atoms with Gasteiger partial charge in [-0.05, 0) is 68.2 Å². The van der Waals surface area contributed by atoms with Gasteiger partial charge in [-0.2, -0.15) is 0 Å². The van der Waals surface area contributed by atoms with Gasteiger partial charge in [-0.3, -0.25) is 9.59 Å². The van der Waals surface area contributed by atoms with Gasteiger partial charge >= 0.3 is 0 Å². The number of hydrogen-bond acceptors (Lipinski definition) is 4. The Morgan fingerprint density at radius 3 is 2.21 bits per heavy atom. The minimum absolute atomic E-state index is 0.0867. The first kappa shape index (κ1) is 37.7. The minimum Gasteiger partial charge on any atom is -0.493 e. The SMILES string of the molecule is CC=C(CC)NCC(=O)NC(CC1CC1)C(=O)NCC(C)Cc1ccccc1OCCCC.CCC.Fc1ccccc1. The molecule has 2 aromatic rings. The zero-order valence-corrected chi connectivity index (χ0v) is 27.4. The van der Waals surface area contributed by atoms with Crippen LogP contribution >= 0.6 is 0 Å². The Kier molecular flexibility index (Phi) is 20.3. The van der Waals surface area contributed by atoms with E-state index in [-0.39, 0.29) is 30.1 Å². The first-order valence-electron chi connectivity index (χ1n) is 16.1. The van der Waals surface area contributed by atoms with Gasteiger partial charge in [0.1, 0.15) is 17.6 Å². The van der Waals surface area contributed by atoms with Gasteiger partial charge in [0, 0.05) is 12.2 Å². The van der Waals surface area contributed by atoms with E-state index in [1.165, 1.54) is 24.1 Å². The molecule has 0 aliphatic heterocycles. The van der Waals surface area contributed by atoms with E-state index in [4.69, 9.17) is 4.74 Å². The van der Waals surface area contributed by atoms with Gasteiger partial charge in [0.2, 0.25) is 11.8 Å². The summed E-state index contributed by atoms with van der Waals surface area (Å²) in [6, 6.07) is 15.6. The van der Waals surface area contributed by atoms with E-state index in [0.29, 0.717) is 18.9 Å². The molecule has 0 heterocycles. The van der Waals surface area contributed by atoms with Crippen molar-refractivity contribution in [3.8, 4) is 5.75 Å². The minimum atomic E-state index is -0.473. The summed E-state index contributed by atoms with van der Waals surface area (Å²) in [5.74, 6) is 1.32. The summed E-state index contributed by atoms with van der Waals surface area (Å²) in [5.41, 5.74) is 2.20. The van der Waals surface area contributed by atoms with Gasteiger partial charge in [-0.15, -0.1) is 0 Å². The molecule has 0 saturated heterocycles. The van der Waals surface area contributed by atoms with Crippen molar-refractivity contribution in [2.75, 3.05) is 19.7 Å². The molecule has 43 heavy (non-hydrogen) atoms. The van der Waals surface area contributed by atoms with E-state index in [2.05, 4.69) is 49.7 Å². The van der Waals surface area contributed by atoms with Crippen molar-refractivity contribution >= 4 is 11.8 Å². The number of carbonyl (C=O) groups excluding carboxylic acids is 2. The number of ether oxygens (including phenoxy) is 1. The van der Waals surface area contributed by atoms with Crippen LogP contribution in [-0.4, -0.2) is 37.6 Å². The Hall–Kier alpha value is -3.35. The maximum atomic E-state index is 12.9. The molecule has 1 fully saturated rings. The number of halogens is 1. The first-order chi connectivity index (χ1) is 20.8. The number of hydrogen-bond donors (Lipinski definition) is 3. The lowest BCUT2D eigenvalue weighted by atomic mass is 10.00. The number of unbranched alkanes of at least 4 members (excludes halogenated alkanes) is 1. The lowest BCUT2D eigenvalue weighted by molar-refractivity contribution is -0.128. The first-order valence-corrected chi connectivity index (χ1v) is 16.1. The number of allylic oxidation sites excluding steroid dienone is 2. The number of para-hydroxylation sites is 1. The summed E-state index contributed by atoms with van der Waals surface area (Å²) in [6.45, 7) is 14.0. The molecule has 3 rings (SSSR count). The van der Waals surface area contributed by atoms with E-state index >= 15 is 0 Å². The molecule has 2 atom stereocenters. The summed E-state index contributed by atoms with van der Waals surface area (Å²) < 4.78 is 17.9. The molecule has 0 bridgehead atoms. The molecule has 1 aliphatic carbocycles. The zero-order chi connectivity index (χ0) is 31.9. The second-order valence-corrected chi connectivity index (χ2v) is 11.2. The lowest BCUT2D eigenvalue weighted by Gasteiger charge is -2.21. The van der Waals surface area contributed by atoms with E-state index in [1.54, 1.807) is 18.2 Å². The molecule has 1 saturated carbocycles. The highest BCUT2D eigenvalue weighted by molar-refractivity contribution is 5.88. The van der Waals surface area contributed by atoms with Crippen LogP contribution in [0.15, 0.2) is 66.4 Å². The Bertz CT molecular complexity index is 1060. The van der Waals surface area contributed by atoms with Crippen molar-refractivity contribution < 1.29 is 18.7 Å². The van der Waals surface area contributed by atoms with Crippen LogP contribution in [0.25, 0.3) is 0 Å². The fourth-order valence-electron chi connectivity index (χ4n) is 4.19. The van der Waals surface area contributed by atoms with E-state index < -0.39 is 6.04 Å². The molecular formula is C36H56FN3O3. The molecule has 7 heteroatoms. The van der Waals surface area contributed by atoms with Crippen LogP contribution in [0.3, 0.4) is 0 Å². The summed E-state index contributed by atoms with van der Waals surface area (Å²) in [5, 5.41) is 9.15. The van der Waals surface area contributed by atoms with E-state index in [9.17, 15) is 14.0 Å². The van der Waals surface area contributed by atoms with Crippen molar-refractivity contribution in [1.82, 2.24) is 16.0 Å². The van der Waals surface area contributed by atoms with Crippen LogP contribution in [0, 0.1) is 17.7 Å². The topological polar surface area (TPSA) is 79.5 Å². The maximum Gasteiger partial charge on any atom is 0.242 e. The molecule has 2 unspecified atom stereocenters. The highest BCUT2D eigenvalue weighted by Crippen LogP contribution is 2.33. The van der Waals surface area contributed by atoms with Gasteiger partial charge in [0.25, 0.3) is 0 Å². The van der Waals surface area contributed by atoms with Gasteiger partial charge < -0.3 is 20.7 Å². The third kappa shape index (κ3) is 18.0. The van der Waals surface area contributed by atoms with Gasteiger partial charge in [-0.25, -0.2) is 4.39 Å².